The van der Waals surface area contributed by atoms with Crippen LogP contribution in [0.4, 0.5) is 0 Å². The number of benzene rings is 1. The molecule has 2 nitrogen and oxygen atoms in total. The number of hydrogen-bond acceptors (Lipinski definition) is 3. The molecule has 1 aromatic rings. The Hall–Kier alpha value is -0.660. The Morgan fingerprint density at radius 2 is 2.22 bits per heavy atom. The maximum Gasteiger partial charge on any atom is 0.133 e. The van der Waals surface area contributed by atoms with E-state index in [-0.39, 0.29) is 0 Å². The van der Waals surface area contributed by atoms with E-state index in [9.17, 15) is 0 Å². The molecular weight excluding hydrogens is 310 g/mol. The molecule has 0 saturated carbocycles. The Morgan fingerprint density at radius 1 is 1.44 bits per heavy atom. The SMILES string of the molecule is CCOc1ccc(C(CC)CCSC#N)cc1Br. The molecule has 0 aliphatic rings. The highest BCUT2D eigenvalue weighted by molar-refractivity contribution is 9.10. The van der Waals surface area contributed by atoms with Crippen LogP contribution < -0.4 is 4.74 Å². The van der Waals surface area contributed by atoms with Crippen LogP contribution in [0.5, 0.6) is 5.75 Å². The first-order valence-electron chi connectivity index (χ1n) is 6.16. The van der Waals surface area contributed by atoms with Crippen molar-refractivity contribution in [3.05, 3.63) is 28.2 Å². The Morgan fingerprint density at radius 3 is 2.78 bits per heavy atom. The number of thioether (sulfide) groups is 1. The van der Waals surface area contributed by atoms with E-state index >= 15 is 0 Å². The predicted octanol–water partition coefficient (Wildman–Crippen LogP) is 4.95. The molecule has 0 N–H and O–H groups in total. The third-order valence-corrected chi connectivity index (χ3v) is 4.04. The number of hydrogen-bond donors (Lipinski definition) is 0. The van der Waals surface area contributed by atoms with E-state index in [1.165, 1.54) is 17.3 Å². The molecule has 0 aromatic heterocycles. The molecule has 0 heterocycles. The molecule has 1 unspecified atom stereocenters. The average Bonchev–Trinajstić information content (AvgIpc) is 2.37. The van der Waals surface area contributed by atoms with Crippen molar-refractivity contribution >= 4 is 27.7 Å². The lowest BCUT2D eigenvalue weighted by molar-refractivity contribution is 0.338. The van der Waals surface area contributed by atoms with Gasteiger partial charge in [-0.1, -0.05) is 13.0 Å². The highest BCUT2D eigenvalue weighted by Crippen LogP contribution is 2.32. The van der Waals surface area contributed by atoms with Gasteiger partial charge in [-0.05, 0) is 71.1 Å². The van der Waals surface area contributed by atoms with Gasteiger partial charge >= 0.3 is 0 Å². The summed E-state index contributed by atoms with van der Waals surface area (Å²) in [5.74, 6) is 2.29. The van der Waals surface area contributed by atoms with Crippen LogP contribution in [0.3, 0.4) is 0 Å². The maximum absolute atomic E-state index is 8.55. The van der Waals surface area contributed by atoms with Crippen LogP contribution in [-0.2, 0) is 0 Å². The minimum absolute atomic E-state index is 0.512. The zero-order chi connectivity index (χ0) is 13.4. The molecule has 1 atom stereocenters. The van der Waals surface area contributed by atoms with Gasteiger partial charge in [-0.3, -0.25) is 0 Å². The molecule has 98 valence electrons. The van der Waals surface area contributed by atoms with Crippen LogP contribution in [0.2, 0.25) is 0 Å². The van der Waals surface area contributed by atoms with Crippen LogP contribution >= 0.6 is 27.7 Å². The van der Waals surface area contributed by atoms with Crippen LogP contribution in [0.15, 0.2) is 22.7 Å². The van der Waals surface area contributed by atoms with Crippen molar-refractivity contribution in [2.24, 2.45) is 0 Å². The fraction of sp³-hybridized carbons (Fsp3) is 0.500. The Bertz CT molecular complexity index is 417. The van der Waals surface area contributed by atoms with Gasteiger partial charge in [0.1, 0.15) is 11.2 Å². The molecule has 0 fully saturated rings. The number of thiocyanates is 1. The van der Waals surface area contributed by atoms with E-state index in [0.29, 0.717) is 12.5 Å². The monoisotopic (exact) mass is 327 g/mol. The summed E-state index contributed by atoms with van der Waals surface area (Å²) < 4.78 is 6.52. The van der Waals surface area contributed by atoms with Crippen molar-refractivity contribution in [1.82, 2.24) is 0 Å². The van der Waals surface area contributed by atoms with Gasteiger partial charge in [0.2, 0.25) is 0 Å². The molecule has 18 heavy (non-hydrogen) atoms. The third-order valence-electron chi connectivity index (χ3n) is 2.85. The standard InChI is InChI=1S/C14H18BrNOS/c1-3-11(7-8-18-10-16)12-5-6-14(17-4-2)13(15)9-12/h5-6,9,11H,3-4,7-8H2,1-2H3. The van der Waals surface area contributed by atoms with Crippen molar-refractivity contribution in [2.75, 3.05) is 12.4 Å². The average molecular weight is 328 g/mol. The van der Waals surface area contributed by atoms with Crippen LogP contribution in [0.25, 0.3) is 0 Å². The number of nitrogens with zero attached hydrogens (tertiary/aromatic N) is 1. The van der Waals surface area contributed by atoms with Gasteiger partial charge in [-0.2, -0.15) is 5.26 Å². The smallest absolute Gasteiger partial charge is 0.133 e. The zero-order valence-electron chi connectivity index (χ0n) is 10.8. The quantitative estimate of drug-likeness (QED) is 0.525. The van der Waals surface area contributed by atoms with Crippen LogP contribution in [0, 0.1) is 10.7 Å². The topological polar surface area (TPSA) is 33.0 Å². The maximum atomic E-state index is 8.55. The summed E-state index contributed by atoms with van der Waals surface area (Å²) in [6, 6.07) is 6.28. The van der Waals surface area contributed by atoms with E-state index in [4.69, 9.17) is 10.00 Å². The summed E-state index contributed by atoms with van der Waals surface area (Å²) in [4.78, 5) is 0. The molecule has 0 aliphatic carbocycles. The van der Waals surface area contributed by atoms with Crippen LogP contribution in [0.1, 0.15) is 38.2 Å². The van der Waals surface area contributed by atoms with E-state index in [1.807, 2.05) is 13.0 Å². The van der Waals surface area contributed by atoms with Gasteiger partial charge in [-0.15, -0.1) is 0 Å². The summed E-state index contributed by atoms with van der Waals surface area (Å²) in [6.07, 6.45) is 2.13. The number of halogens is 1. The second-order valence-corrected chi connectivity index (χ2v) is 5.69. The minimum Gasteiger partial charge on any atom is -0.493 e. The zero-order valence-corrected chi connectivity index (χ0v) is 13.2. The summed E-state index contributed by atoms with van der Waals surface area (Å²) in [6.45, 7) is 4.84. The first-order chi connectivity index (χ1) is 8.72. The van der Waals surface area contributed by atoms with Gasteiger partial charge in [0.15, 0.2) is 0 Å². The lowest BCUT2D eigenvalue weighted by Crippen LogP contribution is -2.00. The molecule has 1 aromatic carbocycles. The fourth-order valence-corrected chi connectivity index (χ4v) is 2.90. The summed E-state index contributed by atoms with van der Waals surface area (Å²) >= 11 is 4.88. The predicted molar refractivity (Wildman–Crippen MR) is 81.0 cm³/mol. The minimum atomic E-state index is 0.512. The van der Waals surface area contributed by atoms with E-state index in [0.717, 1.165) is 28.8 Å². The van der Waals surface area contributed by atoms with E-state index < -0.39 is 0 Å². The highest BCUT2D eigenvalue weighted by atomic mass is 79.9. The highest BCUT2D eigenvalue weighted by Gasteiger charge is 2.11. The summed E-state index contributed by atoms with van der Waals surface area (Å²) in [5.41, 5.74) is 1.31. The lowest BCUT2D eigenvalue weighted by atomic mass is 9.94. The fourth-order valence-electron chi connectivity index (χ4n) is 1.90. The van der Waals surface area contributed by atoms with E-state index in [2.05, 4.69) is 40.4 Å². The second kappa shape index (κ2) is 8.44. The lowest BCUT2D eigenvalue weighted by Gasteiger charge is -2.16. The van der Waals surface area contributed by atoms with Crippen molar-refractivity contribution in [2.45, 2.75) is 32.6 Å². The third kappa shape index (κ3) is 4.55. The summed E-state index contributed by atoms with van der Waals surface area (Å²) in [5, 5.41) is 10.7. The second-order valence-electron chi connectivity index (χ2n) is 3.96. The van der Waals surface area contributed by atoms with Crippen LogP contribution in [-0.4, -0.2) is 12.4 Å². The Kier molecular flexibility index (Phi) is 7.22. The van der Waals surface area contributed by atoms with Gasteiger partial charge in [0.25, 0.3) is 0 Å². The van der Waals surface area contributed by atoms with Crippen molar-refractivity contribution in [3.8, 4) is 11.2 Å². The van der Waals surface area contributed by atoms with Crippen molar-refractivity contribution in [1.29, 1.82) is 5.26 Å². The molecule has 0 radical (unpaired) electrons. The largest absolute Gasteiger partial charge is 0.493 e. The first-order valence-corrected chi connectivity index (χ1v) is 7.93. The van der Waals surface area contributed by atoms with Gasteiger partial charge in [0, 0.05) is 5.75 Å². The first kappa shape index (κ1) is 15.4. The van der Waals surface area contributed by atoms with Gasteiger partial charge in [0.05, 0.1) is 11.1 Å². The molecule has 0 saturated heterocycles. The van der Waals surface area contributed by atoms with Gasteiger partial charge in [-0.25, -0.2) is 0 Å². The molecule has 4 heteroatoms. The molecule has 1 rings (SSSR count). The van der Waals surface area contributed by atoms with E-state index in [1.54, 1.807) is 0 Å². The van der Waals surface area contributed by atoms with Crippen molar-refractivity contribution in [3.63, 3.8) is 0 Å². The number of ether oxygens (including phenoxy) is 1. The molecular formula is C14H18BrNOS. The molecule has 0 aliphatic heterocycles. The normalized spacial score (nSPS) is 11.9. The number of nitriles is 1. The molecule has 0 spiro atoms. The number of rotatable bonds is 7. The molecule has 0 bridgehead atoms. The summed E-state index contributed by atoms with van der Waals surface area (Å²) in [7, 11) is 0. The molecule has 0 amide bonds. The Balaban J connectivity index is 2.74. The Labute approximate surface area is 122 Å². The van der Waals surface area contributed by atoms with Gasteiger partial charge < -0.3 is 4.74 Å². The van der Waals surface area contributed by atoms with Crippen molar-refractivity contribution < 1.29 is 4.74 Å².